The van der Waals surface area contributed by atoms with Crippen LogP contribution < -0.4 is 16.4 Å². The second kappa shape index (κ2) is 10.3. The standard InChI is InChI=1S/C10H16N4O.HI/c1-4-5-12-9(15)7-14-10(11)13-6-8(2)3;/h1H,2,5-7H2,3H3,(H,12,15)(H3,11,13,14);1H. The number of halogens is 1. The van der Waals surface area contributed by atoms with Crippen LogP contribution in [0.5, 0.6) is 0 Å². The van der Waals surface area contributed by atoms with Crippen molar-refractivity contribution in [3.8, 4) is 12.3 Å². The van der Waals surface area contributed by atoms with Gasteiger partial charge in [-0.15, -0.1) is 30.4 Å². The lowest BCUT2D eigenvalue weighted by Crippen LogP contribution is -2.34. The summed E-state index contributed by atoms with van der Waals surface area (Å²) < 4.78 is 0. The van der Waals surface area contributed by atoms with Crippen LogP contribution in [0.25, 0.3) is 0 Å². The predicted molar refractivity (Wildman–Crippen MR) is 76.6 cm³/mol. The first-order valence-electron chi connectivity index (χ1n) is 4.44. The molecule has 16 heavy (non-hydrogen) atoms. The molecule has 0 aliphatic heterocycles. The molecule has 0 fully saturated rings. The molecule has 0 rings (SSSR count). The fourth-order valence-electron chi connectivity index (χ4n) is 0.660. The third-order valence-electron chi connectivity index (χ3n) is 1.35. The van der Waals surface area contributed by atoms with Crippen LogP contribution in [0.4, 0.5) is 0 Å². The van der Waals surface area contributed by atoms with Gasteiger partial charge in [-0.1, -0.05) is 18.1 Å². The number of hydrogen-bond donors (Lipinski definition) is 3. The van der Waals surface area contributed by atoms with E-state index in [9.17, 15) is 4.79 Å². The average Bonchev–Trinajstić information content (AvgIpc) is 2.20. The van der Waals surface area contributed by atoms with Gasteiger partial charge in [-0.3, -0.25) is 4.79 Å². The number of nitrogens with two attached hydrogens (primary N) is 1. The summed E-state index contributed by atoms with van der Waals surface area (Å²) in [4.78, 5) is 14.8. The van der Waals surface area contributed by atoms with Gasteiger partial charge in [-0.05, 0) is 6.92 Å². The Morgan fingerprint density at radius 3 is 2.69 bits per heavy atom. The van der Waals surface area contributed by atoms with E-state index in [4.69, 9.17) is 12.2 Å². The molecule has 1 amide bonds. The number of nitrogens with zero attached hydrogens (tertiary/aromatic N) is 1. The van der Waals surface area contributed by atoms with Crippen molar-refractivity contribution in [3.05, 3.63) is 12.2 Å². The van der Waals surface area contributed by atoms with E-state index in [1.165, 1.54) is 0 Å². The molecule has 0 atom stereocenters. The first kappa shape index (κ1) is 17.2. The fourth-order valence-corrected chi connectivity index (χ4v) is 0.660. The number of carbonyl (C=O) groups is 1. The lowest BCUT2D eigenvalue weighted by molar-refractivity contribution is -0.119. The summed E-state index contributed by atoms with van der Waals surface area (Å²) in [6.45, 7) is 6.26. The predicted octanol–water partition coefficient (Wildman–Crippen LogP) is -0.166. The second-order valence-corrected chi connectivity index (χ2v) is 2.99. The zero-order valence-corrected chi connectivity index (χ0v) is 11.6. The van der Waals surface area contributed by atoms with Crippen LogP contribution >= 0.6 is 24.0 Å². The molecule has 0 heterocycles. The Hall–Kier alpha value is -1.23. The Kier molecular flexibility index (Phi) is 11.0. The summed E-state index contributed by atoms with van der Waals surface area (Å²) in [5.74, 6) is 2.25. The number of rotatable bonds is 5. The van der Waals surface area contributed by atoms with Gasteiger partial charge in [-0.25, -0.2) is 4.99 Å². The van der Waals surface area contributed by atoms with Crippen LogP contribution in [-0.4, -0.2) is 31.5 Å². The Morgan fingerprint density at radius 1 is 1.56 bits per heavy atom. The molecule has 0 aromatic carbocycles. The lowest BCUT2D eigenvalue weighted by atomic mass is 10.3. The maximum Gasteiger partial charge on any atom is 0.242 e. The maximum absolute atomic E-state index is 11.0. The van der Waals surface area contributed by atoms with Gasteiger partial charge < -0.3 is 16.4 Å². The van der Waals surface area contributed by atoms with E-state index in [0.29, 0.717) is 6.54 Å². The Labute approximate surface area is 113 Å². The molecule has 0 radical (unpaired) electrons. The van der Waals surface area contributed by atoms with Crippen LogP contribution in [0, 0.1) is 12.3 Å². The Balaban J connectivity index is 0. The summed E-state index contributed by atoms with van der Waals surface area (Å²) in [5, 5.41) is 5.27. The normalized spacial score (nSPS) is 9.62. The SMILES string of the molecule is C#CCNC(=O)CN=C(N)NCC(=C)C.I. The van der Waals surface area contributed by atoms with E-state index < -0.39 is 0 Å². The summed E-state index contributed by atoms with van der Waals surface area (Å²) in [6, 6.07) is 0. The van der Waals surface area contributed by atoms with Crippen molar-refractivity contribution in [3.63, 3.8) is 0 Å². The van der Waals surface area contributed by atoms with E-state index in [0.717, 1.165) is 5.57 Å². The van der Waals surface area contributed by atoms with E-state index in [2.05, 4.69) is 28.1 Å². The quantitative estimate of drug-likeness (QED) is 0.215. The molecule has 0 aliphatic rings. The highest BCUT2D eigenvalue weighted by molar-refractivity contribution is 14.0. The highest BCUT2D eigenvalue weighted by atomic mass is 127. The van der Waals surface area contributed by atoms with E-state index in [1.807, 2.05) is 6.92 Å². The molecular weight excluding hydrogens is 319 g/mol. The van der Waals surface area contributed by atoms with Crippen LogP contribution in [0.1, 0.15) is 6.92 Å². The third-order valence-corrected chi connectivity index (χ3v) is 1.35. The van der Waals surface area contributed by atoms with E-state index in [1.54, 1.807) is 0 Å². The van der Waals surface area contributed by atoms with E-state index in [-0.39, 0.29) is 48.9 Å². The molecule has 4 N–H and O–H groups in total. The van der Waals surface area contributed by atoms with Crippen LogP contribution in [-0.2, 0) is 4.79 Å². The summed E-state index contributed by atoms with van der Waals surface area (Å²) in [5.41, 5.74) is 6.41. The van der Waals surface area contributed by atoms with Crippen molar-refractivity contribution in [2.75, 3.05) is 19.6 Å². The second-order valence-electron chi connectivity index (χ2n) is 2.99. The van der Waals surface area contributed by atoms with Crippen LogP contribution in [0.3, 0.4) is 0 Å². The van der Waals surface area contributed by atoms with Crippen molar-refractivity contribution in [2.45, 2.75) is 6.92 Å². The maximum atomic E-state index is 11.0. The lowest BCUT2D eigenvalue weighted by Gasteiger charge is -2.04. The minimum atomic E-state index is -0.256. The van der Waals surface area contributed by atoms with Crippen LogP contribution in [0.2, 0.25) is 0 Å². The molecule has 90 valence electrons. The highest BCUT2D eigenvalue weighted by Gasteiger charge is 1.97. The monoisotopic (exact) mass is 336 g/mol. The Bertz CT molecular complexity index is 306. The summed E-state index contributed by atoms with van der Waals surface area (Å²) in [7, 11) is 0. The molecule has 0 unspecified atom stereocenters. The van der Waals surface area contributed by atoms with Crippen molar-refractivity contribution in [1.29, 1.82) is 0 Å². The number of aliphatic imine (C=N–C) groups is 1. The average molecular weight is 336 g/mol. The molecule has 0 bridgehead atoms. The Morgan fingerprint density at radius 2 is 2.19 bits per heavy atom. The number of amides is 1. The van der Waals surface area contributed by atoms with Crippen molar-refractivity contribution >= 4 is 35.8 Å². The van der Waals surface area contributed by atoms with Crippen molar-refractivity contribution in [1.82, 2.24) is 10.6 Å². The van der Waals surface area contributed by atoms with Gasteiger partial charge in [0, 0.05) is 6.54 Å². The zero-order valence-electron chi connectivity index (χ0n) is 9.25. The molecule has 6 heteroatoms. The van der Waals surface area contributed by atoms with Gasteiger partial charge in [0.25, 0.3) is 0 Å². The molecule has 0 saturated carbocycles. The summed E-state index contributed by atoms with van der Waals surface area (Å²) in [6.07, 6.45) is 4.97. The van der Waals surface area contributed by atoms with Gasteiger partial charge in [0.2, 0.25) is 5.91 Å². The highest BCUT2D eigenvalue weighted by Crippen LogP contribution is 1.80. The first-order chi connectivity index (χ1) is 7.06. The minimum absolute atomic E-state index is 0. The van der Waals surface area contributed by atoms with E-state index >= 15 is 0 Å². The largest absolute Gasteiger partial charge is 0.370 e. The van der Waals surface area contributed by atoms with Gasteiger partial charge in [0.1, 0.15) is 6.54 Å². The first-order valence-corrected chi connectivity index (χ1v) is 4.44. The third kappa shape index (κ3) is 10.8. The van der Waals surface area contributed by atoms with Crippen LogP contribution in [0.15, 0.2) is 17.1 Å². The number of hydrogen-bond acceptors (Lipinski definition) is 2. The minimum Gasteiger partial charge on any atom is -0.370 e. The molecule has 0 aromatic heterocycles. The number of nitrogens with one attached hydrogen (secondary N) is 2. The number of guanidine groups is 1. The number of terminal acetylenes is 1. The van der Waals surface area contributed by atoms with Gasteiger partial charge >= 0.3 is 0 Å². The van der Waals surface area contributed by atoms with Crippen molar-refractivity contribution < 1.29 is 4.79 Å². The molecule has 0 spiro atoms. The van der Waals surface area contributed by atoms with Gasteiger partial charge in [0.15, 0.2) is 5.96 Å². The molecule has 5 nitrogen and oxygen atoms in total. The molecule has 0 aliphatic carbocycles. The molecule has 0 saturated heterocycles. The van der Waals surface area contributed by atoms with Crippen molar-refractivity contribution in [2.24, 2.45) is 10.7 Å². The molecular formula is C10H17IN4O. The molecule has 0 aromatic rings. The number of carbonyl (C=O) groups excluding carboxylic acids is 1. The topological polar surface area (TPSA) is 79.5 Å². The smallest absolute Gasteiger partial charge is 0.242 e. The summed E-state index contributed by atoms with van der Waals surface area (Å²) >= 11 is 0. The fraction of sp³-hybridized carbons (Fsp3) is 0.400. The zero-order chi connectivity index (χ0) is 11.7. The van der Waals surface area contributed by atoms with Gasteiger partial charge in [0.05, 0.1) is 6.54 Å². The van der Waals surface area contributed by atoms with Gasteiger partial charge in [-0.2, -0.15) is 0 Å².